The van der Waals surface area contributed by atoms with E-state index in [4.69, 9.17) is 4.74 Å². The number of nitrogens with one attached hydrogen (secondary N) is 1. The number of benzene rings is 3. The molecule has 0 aliphatic carbocycles. The highest BCUT2D eigenvalue weighted by Crippen LogP contribution is 2.37. The summed E-state index contributed by atoms with van der Waals surface area (Å²) < 4.78 is 62.6. The average Bonchev–Trinajstić information content (AvgIpc) is 2.75. The number of alkyl halides is 2. The largest absolute Gasteiger partial charge is 0.493 e. The number of sulfonamides is 1. The van der Waals surface area contributed by atoms with Crippen LogP contribution < -0.4 is 9.46 Å². The van der Waals surface area contributed by atoms with Crippen molar-refractivity contribution in [3.63, 3.8) is 0 Å². The van der Waals surface area contributed by atoms with E-state index in [1.165, 1.54) is 31.2 Å². The minimum absolute atomic E-state index is 0.0921. The summed E-state index contributed by atoms with van der Waals surface area (Å²) in [6.07, 6.45) is -0.373. The number of hydrogen-bond acceptors (Lipinski definition) is 3. The molecule has 0 fully saturated rings. The van der Waals surface area contributed by atoms with Crippen LogP contribution in [0.1, 0.15) is 24.8 Å². The third kappa shape index (κ3) is 5.36. The van der Waals surface area contributed by atoms with Crippen LogP contribution >= 0.6 is 0 Å². The standard InChI is InChI=1S/C23H22F2NO3S/c1-2-23(24,25)22(17-29-20-12-5-3-6-13-20)18-10-9-11-19(16-18)26-30(27,28)21-14-7-4-8-15-21/h3-5,7-16,22,26H,2,17H2,1H3. The molecule has 0 heterocycles. The molecule has 0 saturated carbocycles. The fourth-order valence-electron chi connectivity index (χ4n) is 2.99. The molecule has 0 bridgehead atoms. The molecular formula is C23H22F2NO3S. The van der Waals surface area contributed by atoms with Gasteiger partial charge < -0.3 is 4.74 Å². The zero-order valence-corrected chi connectivity index (χ0v) is 17.2. The monoisotopic (exact) mass is 430 g/mol. The van der Waals surface area contributed by atoms with E-state index in [9.17, 15) is 17.2 Å². The zero-order valence-electron chi connectivity index (χ0n) is 16.4. The molecule has 0 saturated heterocycles. The van der Waals surface area contributed by atoms with E-state index < -0.39 is 21.9 Å². The summed E-state index contributed by atoms with van der Waals surface area (Å²) >= 11 is 0. The molecule has 3 aromatic rings. The van der Waals surface area contributed by atoms with Crippen molar-refractivity contribution in [2.75, 3.05) is 11.3 Å². The van der Waals surface area contributed by atoms with Crippen LogP contribution in [0.5, 0.6) is 5.75 Å². The van der Waals surface area contributed by atoms with E-state index in [-0.39, 0.29) is 29.2 Å². The normalized spacial score (nSPS) is 12.9. The average molecular weight is 430 g/mol. The fraction of sp³-hybridized carbons (Fsp3) is 0.217. The van der Waals surface area contributed by atoms with Crippen molar-refractivity contribution in [3.8, 4) is 5.75 Å². The van der Waals surface area contributed by atoms with Gasteiger partial charge in [-0.25, -0.2) is 17.2 Å². The van der Waals surface area contributed by atoms with Crippen LogP contribution in [-0.4, -0.2) is 20.9 Å². The van der Waals surface area contributed by atoms with E-state index >= 15 is 0 Å². The molecule has 3 rings (SSSR count). The maximum atomic E-state index is 14.7. The van der Waals surface area contributed by atoms with Gasteiger partial charge in [-0.3, -0.25) is 4.72 Å². The van der Waals surface area contributed by atoms with Gasteiger partial charge in [0.2, 0.25) is 0 Å². The van der Waals surface area contributed by atoms with Gasteiger partial charge in [-0.1, -0.05) is 49.4 Å². The second-order valence-electron chi connectivity index (χ2n) is 6.76. The van der Waals surface area contributed by atoms with Gasteiger partial charge in [0.25, 0.3) is 15.9 Å². The molecule has 0 aliphatic rings. The second kappa shape index (κ2) is 9.26. The first-order valence-corrected chi connectivity index (χ1v) is 10.9. The lowest BCUT2D eigenvalue weighted by Gasteiger charge is -2.27. The summed E-state index contributed by atoms with van der Waals surface area (Å²) in [5.41, 5.74) is 0.497. The topological polar surface area (TPSA) is 55.4 Å². The molecule has 157 valence electrons. The lowest BCUT2D eigenvalue weighted by atomic mass is 9.91. The van der Waals surface area contributed by atoms with Crippen molar-refractivity contribution in [2.24, 2.45) is 0 Å². The summed E-state index contributed by atoms with van der Waals surface area (Å²) in [6, 6.07) is 23.4. The van der Waals surface area contributed by atoms with Crippen molar-refractivity contribution in [3.05, 3.63) is 90.5 Å². The first kappa shape index (κ1) is 21.8. The Kier molecular flexibility index (Phi) is 6.72. The second-order valence-corrected chi connectivity index (χ2v) is 8.44. The summed E-state index contributed by atoms with van der Waals surface area (Å²) in [6.45, 7) is 1.15. The Morgan fingerprint density at radius 1 is 1.07 bits per heavy atom. The van der Waals surface area contributed by atoms with Gasteiger partial charge in [-0.05, 0) is 48.0 Å². The van der Waals surface area contributed by atoms with E-state index in [0.29, 0.717) is 5.75 Å². The molecule has 7 heteroatoms. The van der Waals surface area contributed by atoms with Crippen molar-refractivity contribution in [1.82, 2.24) is 0 Å². The van der Waals surface area contributed by atoms with Crippen molar-refractivity contribution in [2.45, 2.75) is 30.1 Å². The molecule has 0 amide bonds. The van der Waals surface area contributed by atoms with E-state index in [2.05, 4.69) is 10.8 Å². The van der Waals surface area contributed by atoms with Crippen molar-refractivity contribution >= 4 is 15.7 Å². The maximum Gasteiger partial charge on any atom is 0.261 e. The molecule has 0 aliphatic heterocycles. The van der Waals surface area contributed by atoms with Gasteiger partial charge in [0, 0.05) is 12.1 Å². The molecule has 1 unspecified atom stereocenters. The van der Waals surface area contributed by atoms with Crippen LogP contribution in [0.4, 0.5) is 14.5 Å². The van der Waals surface area contributed by atoms with Gasteiger partial charge in [-0.15, -0.1) is 0 Å². The number of halogens is 2. The highest BCUT2D eigenvalue weighted by atomic mass is 32.2. The smallest absolute Gasteiger partial charge is 0.261 e. The molecule has 4 nitrogen and oxygen atoms in total. The summed E-state index contributed by atoms with van der Waals surface area (Å²) in [7, 11) is -3.82. The van der Waals surface area contributed by atoms with E-state index in [1.54, 1.807) is 54.6 Å². The first-order chi connectivity index (χ1) is 14.3. The zero-order chi connectivity index (χ0) is 21.6. The molecule has 1 N–H and O–H groups in total. The predicted molar refractivity (Wildman–Crippen MR) is 112 cm³/mol. The van der Waals surface area contributed by atoms with Crippen LogP contribution in [0.2, 0.25) is 0 Å². The highest BCUT2D eigenvalue weighted by molar-refractivity contribution is 7.92. The maximum absolute atomic E-state index is 14.7. The Morgan fingerprint density at radius 3 is 2.50 bits per heavy atom. The lowest BCUT2D eigenvalue weighted by molar-refractivity contribution is -0.0434. The Bertz CT molecular complexity index is 1060. The summed E-state index contributed by atoms with van der Waals surface area (Å²) in [4.78, 5) is 0.0921. The van der Waals surface area contributed by atoms with E-state index in [1.807, 2.05) is 0 Å². The Labute approximate surface area is 175 Å². The van der Waals surface area contributed by atoms with Crippen LogP contribution in [-0.2, 0) is 10.0 Å². The van der Waals surface area contributed by atoms with Crippen molar-refractivity contribution in [1.29, 1.82) is 0 Å². The van der Waals surface area contributed by atoms with Gasteiger partial charge in [0.05, 0.1) is 10.8 Å². The molecule has 1 radical (unpaired) electrons. The van der Waals surface area contributed by atoms with Crippen molar-refractivity contribution < 1.29 is 21.9 Å². The SMILES string of the molecule is CCC(F)(F)C(COc1c[c]ccc1)c1cccc(NS(=O)(=O)c2ccccc2)c1. The van der Waals surface area contributed by atoms with Gasteiger partial charge >= 0.3 is 0 Å². The number of anilines is 1. The van der Waals surface area contributed by atoms with Gasteiger partial charge in [0.15, 0.2) is 0 Å². The minimum Gasteiger partial charge on any atom is -0.493 e. The van der Waals surface area contributed by atoms with Crippen LogP contribution in [0.3, 0.4) is 0 Å². The van der Waals surface area contributed by atoms with Crippen LogP contribution in [0, 0.1) is 6.07 Å². The van der Waals surface area contributed by atoms with E-state index in [0.717, 1.165) is 0 Å². The van der Waals surface area contributed by atoms with Crippen LogP contribution in [0.15, 0.2) is 83.8 Å². The third-order valence-electron chi connectivity index (χ3n) is 4.67. The third-order valence-corrected chi connectivity index (χ3v) is 6.07. The Hall–Kier alpha value is -2.93. The molecule has 3 aromatic carbocycles. The minimum atomic E-state index is -3.82. The molecule has 0 aromatic heterocycles. The molecular weight excluding hydrogens is 408 g/mol. The first-order valence-electron chi connectivity index (χ1n) is 9.46. The highest BCUT2D eigenvalue weighted by Gasteiger charge is 2.39. The Morgan fingerprint density at radius 2 is 1.83 bits per heavy atom. The van der Waals surface area contributed by atoms with Gasteiger partial charge in [-0.2, -0.15) is 0 Å². The number of rotatable bonds is 9. The molecule has 1 atom stereocenters. The Balaban J connectivity index is 1.86. The quantitative estimate of drug-likeness (QED) is 0.488. The molecule has 0 spiro atoms. The lowest BCUT2D eigenvalue weighted by Crippen LogP contribution is -2.30. The summed E-state index contributed by atoms with van der Waals surface area (Å²) in [5.74, 6) is -3.84. The number of hydrogen-bond donors (Lipinski definition) is 1. The predicted octanol–water partition coefficient (Wildman–Crippen LogP) is 5.50. The van der Waals surface area contributed by atoms with Gasteiger partial charge in [0.1, 0.15) is 12.4 Å². The summed E-state index contributed by atoms with van der Waals surface area (Å²) in [5, 5.41) is 0. The molecule has 30 heavy (non-hydrogen) atoms. The fourth-order valence-corrected chi connectivity index (χ4v) is 4.06. The number of ether oxygens (including phenoxy) is 1. The van der Waals surface area contributed by atoms with Crippen LogP contribution in [0.25, 0.3) is 0 Å².